The molecule has 0 bridgehead atoms. The van der Waals surface area contributed by atoms with Crippen LogP contribution in [0.4, 0.5) is 0 Å². The molecule has 2 heteroatoms. The first kappa shape index (κ1) is 15.9. The predicted octanol–water partition coefficient (Wildman–Crippen LogP) is 3.61. The zero-order valence-corrected chi connectivity index (χ0v) is 12.5. The summed E-state index contributed by atoms with van der Waals surface area (Å²) in [6, 6.07) is 8.44. The molecule has 19 heavy (non-hydrogen) atoms. The molecule has 2 N–H and O–H groups in total. The van der Waals surface area contributed by atoms with Gasteiger partial charge in [-0.25, -0.2) is 0 Å². The van der Waals surface area contributed by atoms with Crippen molar-refractivity contribution < 1.29 is 4.79 Å². The zero-order chi connectivity index (χ0) is 14.3. The van der Waals surface area contributed by atoms with Gasteiger partial charge >= 0.3 is 0 Å². The van der Waals surface area contributed by atoms with Gasteiger partial charge in [-0.1, -0.05) is 51.5 Å². The van der Waals surface area contributed by atoms with Crippen LogP contribution in [-0.2, 0) is 16.6 Å². The summed E-state index contributed by atoms with van der Waals surface area (Å²) in [4.78, 5) is 11.8. The highest BCUT2D eigenvalue weighted by Gasteiger charge is 2.13. The molecular formula is C17H27NO. The first-order valence-electron chi connectivity index (χ1n) is 7.24. The lowest BCUT2D eigenvalue weighted by Crippen LogP contribution is -2.11. The minimum atomic E-state index is 0.171. The number of rotatable bonds is 7. The third-order valence-corrected chi connectivity index (χ3v) is 3.38. The Morgan fingerprint density at radius 1 is 1.05 bits per heavy atom. The predicted molar refractivity (Wildman–Crippen MR) is 81.4 cm³/mol. The molecule has 0 atom stereocenters. The lowest BCUT2D eigenvalue weighted by Gasteiger charge is -2.19. The molecule has 0 amide bonds. The fourth-order valence-electron chi connectivity index (χ4n) is 2.08. The Kier molecular flexibility index (Phi) is 6.23. The Labute approximate surface area is 117 Å². The van der Waals surface area contributed by atoms with Gasteiger partial charge in [0, 0.05) is 12.8 Å². The quantitative estimate of drug-likeness (QED) is 0.762. The lowest BCUT2D eigenvalue weighted by atomic mass is 9.86. The van der Waals surface area contributed by atoms with Gasteiger partial charge in [0.15, 0.2) is 0 Å². The molecule has 0 unspecified atom stereocenters. The van der Waals surface area contributed by atoms with Gasteiger partial charge in [0.25, 0.3) is 0 Å². The van der Waals surface area contributed by atoms with Gasteiger partial charge in [0.1, 0.15) is 5.78 Å². The van der Waals surface area contributed by atoms with Crippen molar-refractivity contribution in [2.24, 2.45) is 5.73 Å². The van der Waals surface area contributed by atoms with E-state index < -0.39 is 0 Å². The van der Waals surface area contributed by atoms with Crippen molar-refractivity contribution in [3.8, 4) is 0 Å². The van der Waals surface area contributed by atoms with Crippen LogP contribution in [0, 0.1) is 0 Å². The van der Waals surface area contributed by atoms with Gasteiger partial charge in [-0.3, -0.25) is 4.79 Å². The number of Topliss-reactive ketones (excluding diaryl/α,β-unsaturated/α-hetero) is 1. The Balaban J connectivity index is 2.43. The van der Waals surface area contributed by atoms with E-state index in [2.05, 4.69) is 45.0 Å². The summed E-state index contributed by atoms with van der Waals surface area (Å²) in [5.41, 5.74) is 8.04. The number of ketones is 1. The molecule has 0 saturated carbocycles. The Morgan fingerprint density at radius 3 is 2.21 bits per heavy atom. The molecule has 0 spiro atoms. The normalized spacial score (nSPS) is 11.6. The highest BCUT2D eigenvalue weighted by Crippen LogP contribution is 2.22. The van der Waals surface area contributed by atoms with Gasteiger partial charge in [-0.05, 0) is 35.9 Å². The molecule has 106 valence electrons. The standard InChI is InChI=1S/C17H27NO/c1-17(2,3)15-10-8-14(9-11-15)13-16(19)7-5-4-6-12-18/h8-11H,4-7,12-13,18H2,1-3H3. The first-order chi connectivity index (χ1) is 8.93. The first-order valence-corrected chi connectivity index (χ1v) is 7.24. The lowest BCUT2D eigenvalue weighted by molar-refractivity contribution is -0.118. The summed E-state index contributed by atoms with van der Waals surface area (Å²) >= 11 is 0. The maximum absolute atomic E-state index is 11.8. The van der Waals surface area contributed by atoms with Crippen LogP contribution in [0.25, 0.3) is 0 Å². The fraction of sp³-hybridized carbons (Fsp3) is 0.588. The number of hydrogen-bond donors (Lipinski definition) is 1. The van der Waals surface area contributed by atoms with E-state index in [-0.39, 0.29) is 5.41 Å². The largest absolute Gasteiger partial charge is 0.330 e. The van der Waals surface area contributed by atoms with Crippen molar-refractivity contribution in [1.29, 1.82) is 0 Å². The van der Waals surface area contributed by atoms with E-state index in [0.29, 0.717) is 18.6 Å². The number of carbonyl (C=O) groups excluding carboxylic acids is 1. The van der Waals surface area contributed by atoms with Crippen LogP contribution in [0.15, 0.2) is 24.3 Å². The molecule has 0 aromatic heterocycles. The molecule has 0 aliphatic heterocycles. The van der Waals surface area contributed by atoms with Crippen LogP contribution in [0.2, 0.25) is 0 Å². The average Bonchev–Trinajstić information content (AvgIpc) is 2.34. The molecule has 0 aliphatic carbocycles. The Bertz CT molecular complexity index is 387. The minimum absolute atomic E-state index is 0.171. The molecule has 2 nitrogen and oxygen atoms in total. The topological polar surface area (TPSA) is 43.1 Å². The molecule has 1 aromatic carbocycles. The number of hydrogen-bond acceptors (Lipinski definition) is 2. The van der Waals surface area contributed by atoms with Crippen LogP contribution in [0.3, 0.4) is 0 Å². The van der Waals surface area contributed by atoms with Gasteiger partial charge < -0.3 is 5.73 Å². The SMILES string of the molecule is CC(C)(C)c1ccc(CC(=O)CCCCCN)cc1. The van der Waals surface area contributed by atoms with E-state index in [9.17, 15) is 4.79 Å². The van der Waals surface area contributed by atoms with Crippen molar-refractivity contribution >= 4 is 5.78 Å². The molecule has 1 rings (SSSR count). The van der Waals surface area contributed by atoms with Crippen molar-refractivity contribution in [3.05, 3.63) is 35.4 Å². The van der Waals surface area contributed by atoms with Crippen LogP contribution in [0.1, 0.15) is 57.6 Å². The summed E-state index contributed by atoms with van der Waals surface area (Å²) in [6.45, 7) is 7.32. The van der Waals surface area contributed by atoms with E-state index >= 15 is 0 Å². The fourth-order valence-corrected chi connectivity index (χ4v) is 2.08. The molecule has 0 fully saturated rings. The average molecular weight is 261 g/mol. The highest BCUT2D eigenvalue weighted by molar-refractivity contribution is 5.80. The third kappa shape index (κ3) is 6.02. The van der Waals surface area contributed by atoms with Crippen LogP contribution < -0.4 is 5.73 Å². The summed E-state index contributed by atoms with van der Waals surface area (Å²) in [6.07, 6.45) is 4.29. The van der Waals surface area contributed by atoms with Gasteiger partial charge in [-0.15, -0.1) is 0 Å². The van der Waals surface area contributed by atoms with Crippen LogP contribution in [-0.4, -0.2) is 12.3 Å². The van der Waals surface area contributed by atoms with E-state index in [1.165, 1.54) is 5.56 Å². The van der Waals surface area contributed by atoms with Crippen LogP contribution >= 0.6 is 0 Å². The van der Waals surface area contributed by atoms with E-state index in [0.717, 1.165) is 31.4 Å². The number of unbranched alkanes of at least 4 members (excludes halogenated alkanes) is 2. The second-order valence-corrected chi connectivity index (χ2v) is 6.26. The van der Waals surface area contributed by atoms with Gasteiger partial charge in [0.05, 0.1) is 0 Å². The number of carbonyl (C=O) groups is 1. The Hall–Kier alpha value is -1.15. The highest BCUT2D eigenvalue weighted by atomic mass is 16.1. The Morgan fingerprint density at radius 2 is 1.68 bits per heavy atom. The summed E-state index contributed by atoms with van der Waals surface area (Å²) in [7, 11) is 0. The van der Waals surface area contributed by atoms with E-state index in [1.54, 1.807) is 0 Å². The van der Waals surface area contributed by atoms with Gasteiger partial charge in [-0.2, -0.15) is 0 Å². The van der Waals surface area contributed by atoms with E-state index in [4.69, 9.17) is 5.73 Å². The zero-order valence-electron chi connectivity index (χ0n) is 12.5. The van der Waals surface area contributed by atoms with E-state index in [1.807, 2.05) is 0 Å². The molecule has 0 heterocycles. The third-order valence-electron chi connectivity index (χ3n) is 3.38. The van der Waals surface area contributed by atoms with Crippen molar-refractivity contribution in [2.75, 3.05) is 6.54 Å². The van der Waals surface area contributed by atoms with Crippen molar-refractivity contribution in [2.45, 2.75) is 58.3 Å². The molecule has 0 radical (unpaired) electrons. The van der Waals surface area contributed by atoms with Gasteiger partial charge in [0.2, 0.25) is 0 Å². The summed E-state index contributed by atoms with van der Waals surface area (Å²) in [5, 5.41) is 0. The minimum Gasteiger partial charge on any atom is -0.330 e. The smallest absolute Gasteiger partial charge is 0.137 e. The molecule has 0 saturated heterocycles. The van der Waals surface area contributed by atoms with Crippen molar-refractivity contribution in [1.82, 2.24) is 0 Å². The maximum Gasteiger partial charge on any atom is 0.137 e. The van der Waals surface area contributed by atoms with Crippen LogP contribution in [0.5, 0.6) is 0 Å². The second-order valence-electron chi connectivity index (χ2n) is 6.26. The maximum atomic E-state index is 11.8. The second kappa shape index (κ2) is 7.44. The summed E-state index contributed by atoms with van der Waals surface area (Å²) in [5.74, 6) is 0.334. The molecular weight excluding hydrogens is 234 g/mol. The molecule has 1 aromatic rings. The number of nitrogens with two attached hydrogens (primary N) is 1. The summed E-state index contributed by atoms with van der Waals surface area (Å²) < 4.78 is 0. The molecule has 0 aliphatic rings. The number of benzene rings is 1. The monoisotopic (exact) mass is 261 g/mol. The van der Waals surface area contributed by atoms with Crippen molar-refractivity contribution in [3.63, 3.8) is 0 Å².